The molecule has 1 saturated heterocycles. The van der Waals surface area contributed by atoms with E-state index in [2.05, 4.69) is 17.4 Å². The van der Waals surface area contributed by atoms with Gasteiger partial charge in [-0.25, -0.2) is 0 Å². The topological polar surface area (TPSA) is 49.4 Å². The Hall–Kier alpha value is -1.49. The summed E-state index contributed by atoms with van der Waals surface area (Å²) in [5, 5.41) is 3.60. The lowest BCUT2D eigenvalue weighted by Crippen LogP contribution is -2.66. The average molecular weight is 401 g/mol. The summed E-state index contributed by atoms with van der Waals surface area (Å²) >= 11 is 1.85. The van der Waals surface area contributed by atoms with Gasteiger partial charge in [-0.05, 0) is 31.2 Å². The van der Waals surface area contributed by atoms with Crippen molar-refractivity contribution in [1.29, 1.82) is 0 Å². The Labute approximate surface area is 172 Å². The van der Waals surface area contributed by atoms with E-state index in [9.17, 15) is 9.59 Å². The summed E-state index contributed by atoms with van der Waals surface area (Å²) in [6.07, 6.45) is 10.4. The largest absolute Gasteiger partial charge is 0.351 e. The first-order chi connectivity index (χ1) is 13.7. The Morgan fingerprint density at radius 1 is 1.07 bits per heavy atom. The maximum Gasteiger partial charge on any atom is 0.247 e. The Balaban J connectivity index is 1.66. The molecule has 0 radical (unpaired) electrons. The van der Waals surface area contributed by atoms with Gasteiger partial charge in [-0.1, -0.05) is 62.4 Å². The van der Waals surface area contributed by atoms with Crippen molar-refractivity contribution in [3.63, 3.8) is 0 Å². The molecule has 3 aliphatic rings. The number of fused-ring (bicyclic) bond motifs is 1. The number of amides is 2. The lowest BCUT2D eigenvalue weighted by Gasteiger charge is -2.49. The Morgan fingerprint density at radius 2 is 1.82 bits per heavy atom. The van der Waals surface area contributed by atoms with E-state index in [1.54, 1.807) is 0 Å². The van der Waals surface area contributed by atoms with Crippen LogP contribution in [0.4, 0.5) is 0 Å². The van der Waals surface area contributed by atoms with Crippen molar-refractivity contribution in [3.05, 3.63) is 35.9 Å². The molecule has 28 heavy (non-hydrogen) atoms. The monoisotopic (exact) mass is 400 g/mol. The molecule has 1 aromatic carbocycles. The second kappa shape index (κ2) is 8.89. The molecule has 2 amide bonds. The van der Waals surface area contributed by atoms with E-state index < -0.39 is 5.54 Å². The molecule has 4 nitrogen and oxygen atoms in total. The van der Waals surface area contributed by atoms with Gasteiger partial charge in [-0.3, -0.25) is 9.59 Å². The molecule has 2 aliphatic carbocycles. The van der Waals surface area contributed by atoms with Gasteiger partial charge < -0.3 is 10.2 Å². The minimum Gasteiger partial charge on any atom is -0.351 e. The van der Waals surface area contributed by atoms with Crippen LogP contribution in [-0.4, -0.2) is 39.3 Å². The lowest BCUT2D eigenvalue weighted by atomic mass is 9.77. The van der Waals surface area contributed by atoms with Crippen LogP contribution in [0.3, 0.4) is 0 Å². The third-order valence-corrected chi connectivity index (χ3v) is 8.21. The Morgan fingerprint density at radius 3 is 2.61 bits per heavy atom. The number of nitrogens with zero attached hydrogens (tertiary/aromatic N) is 1. The van der Waals surface area contributed by atoms with Crippen LogP contribution >= 0.6 is 11.8 Å². The summed E-state index contributed by atoms with van der Waals surface area (Å²) in [5.41, 5.74) is 0.418. The van der Waals surface area contributed by atoms with Gasteiger partial charge in [0.2, 0.25) is 11.8 Å². The van der Waals surface area contributed by atoms with Crippen LogP contribution in [0.2, 0.25) is 0 Å². The van der Waals surface area contributed by atoms with Crippen LogP contribution in [0, 0.1) is 0 Å². The van der Waals surface area contributed by atoms with E-state index in [4.69, 9.17) is 0 Å². The van der Waals surface area contributed by atoms with Gasteiger partial charge in [0.05, 0.1) is 0 Å². The fourth-order valence-corrected chi connectivity index (χ4v) is 6.77. The molecule has 5 heteroatoms. The van der Waals surface area contributed by atoms with Gasteiger partial charge in [0, 0.05) is 30.0 Å². The summed E-state index contributed by atoms with van der Waals surface area (Å²) in [5.74, 6) is 1.08. The van der Waals surface area contributed by atoms with E-state index in [1.165, 1.54) is 19.3 Å². The summed E-state index contributed by atoms with van der Waals surface area (Å²) in [7, 11) is 0. The van der Waals surface area contributed by atoms with Gasteiger partial charge in [-0.2, -0.15) is 11.8 Å². The summed E-state index contributed by atoms with van der Waals surface area (Å²) < 4.78 is 0. The van der Waals surface area contributed by atoms with Gasteiger partial charge in [-0.15, -0.1) is 0 Å². The van der Waals surface area contributed by atoms with E-state index >= 15 is 0 Å². The van der Waals surface area contributed by atoms with Crippen molar-refractivity contribution in [2.45, 2.75) is 87.6 Å². The summed E-state index contributed by atoms with van der Waals surface area (Å²) in [6.45, 7) is 0.537. The van der Waals surface area contributed by atoms with Crippen molar-refractivity contribution >= 4 is 23.6 Å². The van der Waals surface area contributed by atoms with Gasteiger partial charge in [0.15, 0.2) is 0 Å². The molecule has 1 heterocycles. The zero-order valence-corrected chi connectivity index (χ0v) is 17.5. The van der Waals surface area contributed by atoms with E-state index in [-0.39, 0.29) is 23.1 Å². The predicted octanol–water partition coefficient (Wildman–Crippen LogP) is 4.28. The van der Waals surface area contributed by atoms with Crippen LogP contribution in [-0.2, 0) is 16.1 Å². The second-order valence-corrected chi connectivity index (χ2v) is 9.86. The standard InChI is InChI=1S/C23H32N2O2S/c26-21-14-16-28-20-13-7-8-15-23(20,22(27)24-19-11-5-2-6-12-19)25(21)17-18-9-3-1-4-10-18/h1,3-4,9-10,19-20H,2,5-8,11-17H2,(H,24,27). The summed E-state index contributed by atoms with van der Waals surface area (Å²) in [6, 6.07) is 10.4. The highest BCUT2D eigenvalue weighted by Crippen LogP contribution is 2.44. The van der Waals surface area contributed by atoms with Crippen LogP contribution in [0.5, 0.6) is 0 Å². The number of carbonyl (C=O) groups excluding carboxylic acids is 2. The highest BCUT2D eigenvalue weighted by atomic mass is 32.2. The zero-order valence-electron chi connectivity index (χ0n) is 16.7. The number of nitrogens with one attached hydrogen (secondary N) is 1. The number of thioether (sulfide) groups is 1. The number of carbonyl (C=O) groups is 2. The molecular formula is C23H32N2O2S. The first-order valence-corrected chi connectivity index (χ1v) is 12.0. The highest BCUT2D eigenvalue weighted by molar-refractivity contribution is 8.00. The minimum absolute atomic E-state index is 0.114. The van der Waals surface area contributed by atoms with Crippen molar-refractivity contribution in [1.82, 2.24) is 10.2 Å². The minimum atomic E-state index is -0.691. The Kier molecular flexibility index (Phi) is 6.29. The predicted molar refractivity (Wildman–Crippen MR) is 114 cm³/mol. The fraction of sp³-hybridized carbons (Fsp3) is 0.652. The maximum absolute atomic E-state index is 13.8. The maximum atomic E-state index is 13.8. The van der Waals surface area contributed by atoms with Gasteiger partial charge in [0.1, 0.15) is 5.54 Å². The van der Waals surface area contributed by atoms with Crippen molar-refractivity contribution in [3.8, 4) is 0 Å². The van der Waals surface area contributed by atoms with Crippen LogP contribution in [0.1, 0.15) is 69.8 Å². The van der Waals surface area contributed by atoms with Crippen molar-refractivity contribution < 1.29 is 9.59 Å². The Bertz CT molecular complexity index is 689. The zero-order chi connectivity index (χ0) is 19.4. The van der Waals surface area contributed by atoms with Crippen molar-refractivity contribution in [2.24, 2.45) is 0 Å². The first-order valence-electron chi connectivity index (χ1n) is 11.0. The molecule has 152 valence electrons. The van der Waals surface area contributed by atoms with Gasteiger partial charge in [0.25, 0.3) is 0 Å². The van der Waals surface area contributed by atoms with E-state index in [0.29, 0.717) is 13.0 Å². The van der Waals surface area contributed by atoms with E-state index in [1.807, 2.05) is 34.9 Å². The summed E-state index contributed by atoms with van der Waals surface area (Å²) in [4.78, 5) is 29.0. The number of rotatable bonds is 4. The third kappa shape index (κ3) is 3.96. The van der Waals surface area contributed by atoms with Crippen LogP contribution < -0.4 is 5.32 Å². The van der Waals surface area contributed by atoms with Gasteiger partial charge >= 0.3 is 0 Å². The van der Waals surface area contributed by atoms with Crippen LogP contribution in [0.25, 0.3) is 0 Å². The molecule has 0 aromatic heterocycles. The third-order valence-electron chi connectivity index (χ3n) is 6.74. The number of hydrogen-bond acceptors (Lipinski definition) is 3. The quantitative estimate of drug-likeness (QED) is 0.821. The number of hydrogen-bond donors (Lipinski definition) is 1. The first kappa shape index (κ1) is 19.8. The molecule has 2 unspecified atom stereocenters. The normalized spacial score (nSPS) is 29.1. The second-order valence-electron chi connectivity index (χ2n) is 8.55. The lowest BCUT2D eigenvalue weighted by molar-refractivity contribution is -0.150. The molecular weight excluding hydrogens is 368 g/mol. The molecule has 0 bridgehead atoms. The molecule has 2 saturated carbocycles. The fourth-order valence-electron chi connectivity index (χ4n) is 5.23. The highest BCUT2D eigenvalue weighted by Gasteiger charge is 2.54. The molecule has 2 atom stereocenters. The van der Waals surface area contributed by atoms with E-state index in [0.717, 1.165) is 49.8 Å². The molecule has 3 fully saturated rings. The van der Waals surface area contributed by atoms with Crippen LogP contribution in [0.15, 0.2) is 30.3 Å². The smallest absolute Gasteiger partial charge is 0.247 e. The molecule has 1 N–H and O–H groups in total. The molecule has 0 spiro atoms. The van der Waals surface area contributed by atoms with Crippen molar-refractivity contribution in [2.75, 3.05) is 5.75 Å². The SMILES string of the molecule is O=C1CCSC2CCCCC2(C(=O)NC2CCCCC2)N1Cc1ccccc1. The number of benzene rings is 1. The molecule has 4 rings (SSSR count). The molecule has 1 aromatic rings. The molecule has 1 aliphatic heterocycles. The average Bonchev–Trinajstić information content (AvgIpc) is 2.87.